The van der Waals surface area contributed by atoms with Crippen LogP contribution in [0, 0.1) is 11.8 Å². The zero-order valence-electron chi connectivity index (χ0n) is 9.82. The van der Waals surface area contributed by atoms with Gasteiger partial charge in [0.1, 0.15) is 6.04 Å². The average Bonchev–Trinajstić information content (AvgIpc) is 2.65. The topological polar surface area (TPSA) is 78.4 Å². The second-order valence-electron chi connectivity index (χ2n) is 4.69. The number of hydrogen-bond acceptors (Lipinski definition) is 3. The van der Waals surface area contributed by atoms with Gasteiger partial charge in [-0.25, -0.2) is 4.79 Å². The van der Waals surface area contributed by atoms with Gasteiger partial charge in [0.25, 0.3) is 0 Å². The van der Waals surface area contributed by atoms with E-state index in [0.29, 0.717) is 12.3 Å². The Balaban J connectivity index is 2.38. The van der Waals surface area contributed by atoms with Gasteiger partial charge >= 0.3 is 5.97 Å². The highest BCUT2D eigenvalue weighted by Crippen LogP contribution is 2.12. The Kier molecular flexibility index (Phi) is 4.73. The van der Waals surface area contributed by atoms with Gasteiger partial charge in [0, 0.05) is 6.42 Å². The third-order valence-electron chi connectivity index (χ3n) is 2.89. The zero-order chi connectivity index (χ0) is 12.1. The first-order valence-corrected chi connectivity index (χ1v) is 5.73. The molecule has 0 aromatic rings. The Labute approximate surface area is 95.6 Å². The van der Waals surface area contributed by atoms with Crippen molar-refractivity contribution in [3.63, 3.8) is 0 Å². The Hall–Kier alpha value is -1.10. The highest BCUT2D eigenvalue weighted by Gasteiger charge is 2.25. The minimum atomic E-state index is -0.965. The lowest BCUT2D eigenvalue weighted by Crippen LogP contribution is -2.44. The molecule has 1 amide bonds. The summed E-state index contributed by atoms with van der Waals surface area (Å²) in [4.78, 5) is 22.5. The van der Waals surface area contributed by atoms with E-state index < -0.39 is 12.0 Å². The number of rotatable bonds is 5. The van der Waals surface area contributed by atoms with E-state index in [1.165, 1.54) is 0 Å². The normalized spacial score (nSPS) is 22.1. The molecular weight excluding hydrogens is 208 g/mol. The molecule has 0 aliphatic carbocycles. The van der Waals surface area contributed by atoms with Gasteiger partial charge in [-0.3, -0.25) is 4.79 Å². The van der Waals surface area contributed by atoms with Crippen molar-refractivity contribution in [1.29, 1.82) is 0 Å². The van der Waals surface area contributed by atoms with E-state index in [0.717, 1.165) is 19.5 Å². The molecule has 1 aliphatic heterocycles. The number of carboxylic acid groups (broad SMARTS) is 1. The molecule has 92 valence electrons. The van der Waals surface area contributed by atoms with Crippen LogP contribution in [0.4, 0.5) is 0 Å². The minimum absolute atomic E-state index is 0.0943. The second kappa shape index (κ2) is 5.84. The predicted octanol–water partition coefficient (Wildman–Crippen LogP) is 0.211. The maximum atomic E-state index is 11.6. The third-order valence-corrected chi connectivity index (χ3v) is 2.89. The van der Waals surface area contributed by atoms with E-state index >= 15 is 0 Å². The molecule has 0 aromatic carbocycles. The number of nitrogens with one attached hydrogen (secondary N) is 2. The second-order valence-corrected chi connectivity index (χ2v) is 4.69. The summed E-state index contributed by atoms with van der Waals surface area (Å²) in [6, 6.07) is -0.776. The van der Waals surface area contributed by atoms with Crippen molar-refractivity contribution in [2.75, 3.05) is 13.1 Å². The maximum absolute atomic E-state index is 11.6. The summed E-state index contributed by atoms with van der Waals surface area (Å²) in [5.74, 6) is -0.868. The van der Waals surface area contributed by atoms with Crippen LogP contribution >= 0.6 is 0 Å². The van der Waals surface area contributed by atoms with E-state index in [2.05, 4.69) is 10.6 Å². The summed E-state index contributed by atoms with van der Waals surface area (Å²) < 4.78 is 0. The molecule has 0 aromatic heterocycles. The maximum Gasteiger partial charge on any atom is 0.326 e. The van der Waals surface area contributed by atoms with Crippen molar-refractivity contribution in [1.82, 2.24) is 10.6 Å². The number of aliphatic carboxylic acids is 1. The lowest BCUT2D eigenvalue weighted by Gasteiger charge is -2.18. The van der Waals surface area contributed by atoms with Crippen LogP contribution in [0.25, 0.3) is 0 Å². The molecule has 0 radical (unpaired) electrons. The van der Waals surface area contributed by atoms with E-state index in [9.17, 15) is 9.59 Å². The number of carbonyl (C=O) groups excluding carboxylic acids is 1. The van der Waals surface area contributed by atoms with Crippen LogP contribution in [0.2, 0.25) is 0 Å². The molecule has 5 nitrogen and oxygen atoms in total. The van der Waals surface area contributed by atoms with E-state index in [-0.39, 0.29) is 11.8 Å². The molecule has 3 N–H and O–H groups in total. The first-order chi connectivity index (χ1) is 7.50. The fourth-order valence-corrected chi connectivity index (χ4v) is 1.90. The van der Waals surface area contributed by atoms with Gasteiger partial charge in [-0.15, -0.1) is 0 Å². The highest BCUT2D eigenvalue weighted by molar-refractivity contribution is 5.83. The molecule has 1 saturated heterocycles. The van der Waals surface area contributed by atoms with Crippen molar-refractivity contribution in [3.8, 4) is 0 Å². The highest BCUT2D eigenvalue weighted by atomic mass is 16.4. The molecule has 1 rings (SSSR count). The summed E-state index contributed by atoms with van der Waals surface area (Å²) in [5.41, 5.74) is 0. The van der Waals surface area contributed by atoms with Crippen LogP contribution in [-0.4, -0.2) is 36.1 Å². The van der Waals surface area contributed by atoms with Crippen LogP contribution in [0.3, 0.4) is 0 Å². The number of carbonyl (C=O) groups is 2. The van der Waals surface area contributed by atoms with Crippen molar-refractivity contribution in [2.45, 2.75) is 32.7 Å². The molecule has 5 heteroatoms. The summed E-state index contributed by atoms with van der Waals surface area (Å²) in [6.07, 6.45) is 1.41. The van der Waals surface area contributed by atoms with E-state index in [4.69, 9.17) is 5.11 Å². The first-order valence-electron chi connectivity index (χ1n) is 5.73. The monoisotopic (exact) mass is 228 g/mol. The van der Waals surface area contributed by atoms with Gasteiger partial charge in [0.2, 0.25) is 5.91 Å². The molecule has 1 heterocycles. The van der Waals surface area contributed by atoms with Crippen molar-refractivity contribution in [2.24, 2.45) is 11.8 Å². The number of hydrogen-bond donors (Lipinski definition) is 3. The molecular formula is C11H20N2O3. The smallest absolute Gasteiger partial charge is 0.326 e. The van der Waals surface area contributed by atoms with Gasteiger partial charge < -0.3 is 15.7 Å². The standard InChI is InChI=1S/C11H20N2O3/c1-7(2)10(11(15)16)13-9(14)5-8-3-4-12-6-8/h7-8,10,12H,3-6H2,1-2H3,(H,13,14)(H,15,16)/t8?,10-/m1/s1. The van der Waals surface area contributed by atoms with Gasteiger partial charge in [0.05, 0.1) is 0 Å². The fourth-order valence-electron chi connectivity index (χ4n) is 1.90. The Bertz CT molecular complexity index is 260. The Morgan fingerprint density at radius 3 is 2.62 bits per heavy atom. The van der Waals surface area contributed by atoms with Crippen LogP contribution in [0.1, 0.15) is 26.7 Å². The van der Waals surface area contributed by atoms with Gasteiger partial charge in [-0.2, -0.15) is 0 Å². The van der Waals surface area contributed by atoms with Crippen LogP contribution in [0.5, 0.6) is 0 Å². The summed E-state index contributed by atoms with van der Waals surface area (Å²) >= 11 is 0. The van der Waals surface area contributed by atoms with Crippen LogP contribution in [0.15, 0.2) is 0 Å². The van der Waals surface area contributed by atoms with E-state index in [1.54, 1.807) is 13.8 Å². The summed E-state index contributed by atoms with van der Waals surface area (Å²) in [7, 11) is 0. The molecule has 1 fully saturated rings. The zero-order valence-corrected chi connectivity index (χ0v) is 9.82. The minimum Gasteiger partial charge on any atom is -0.480 e. The molecule has 0 saturated carbocycles. The molecule has 0 spiro atoms. The fraction of sp³-hybridized carbons (Fsp3) is 0.818. The summed E-state index contributed by atoms with van der Waals surface area (Å²) in [5, 5.41) is 14.7. The molecule has 1 unspecified atom stereocenters. The Morgan fingerprint density at radius 2 is 2.19 bits per heavy atom. The number of carboxylic acids is 1. The largest absolute Gasteiger partial charge is 0.480 e. The predicted molar refractivity (Wildman–Crippen MR) is 60.0 cm³/mol. The SMILES string of the molecule is CC(C)[C@@H](NC(=O)CC1CCNC1)C(=O)O. The molecule has 1 aliphatic rings. The molecule has 0 bridgehead atoms. The molecule has 2 atom stereocenters. The summed E-state index contributed by atoms with van der Waals surface area (Å²) in [6.45, 7) is 5.38. The average molecular weight is 228 g/mol. The van der Waals surface area contributed by atoms with Gasteiger partial charge in [-0.05, 0) is 31.3 Å². The third kappa shape index (κ3) is 3.81. The Morgan fingerprint density at radius 1 is 1.50 bits per heavy atom. The van der Waals surface area contributed by atoms with Crippen molar-refractivity contribution in [3.05, 3.63) is 0 Å². The molecule has 16 heavy (non-hydrogen) atoms. The van der Waals surface area contributed by atoms with Crippen LogP contribution in [-0.2, 0) is 9.59 Å². The lowest BCUT2D eigenvalue weighted by atomic mass is 10.0. The van der Waals surface area contributed by atoms with Crippen LogP contribution < -0.4 is 10.6 Å². The van der Waals surface area contributed by atoms with Gasteiger partial charge in [0.15, 0.2) is 0 Å². The lowest BCUT2D eigenvalue weighted by molar-refractivity contribution is -0.143. The number of amides is 1. The first kappa shape index (κ1) is 13.0. The van der Waals surface area contributed by atoms with E-state index in [1.807, 2.05) is 0 Å². The van der Waals surface area contributed by atoms with Gasteiger partial charge in [-0.1, -0.05) is 13.8 Å². The van der Waals surface area contributed by atoms with Crippen molar-refractivity contribution >= 4 is 11.9 Å². The quantitative estimate of drug-likeness (QED) is 0.628. The van der Waals surface area contributed by atoms with Crippen molar-refractivity contribution < 1.29 is 14.7 Å².